The lowest BCUT2D eigenvalue weighted by Crippen LogP contribution is -2.53. The van der Waals surface area contributed by atoms with E-state index >= 15 is 0 Å². The molecule has 0 aliphatic carbocycles. The molecule has 3 rings (SSSR count). The number of nitrogens with zero attached hydrogens (tertiary/aromatic N) is 2. The number of methoxy groups -OCH3 is 2. The Labute approximate surface area is 249 Å². The first kappa shape index (κ1) is 32.5. The third kappa shape index (κ3) is 7.82. The number of aryl methyl sites for hydroxylation is 1. The lowest BCUT2D eigenvalue weighted by Gasteiger charge is -2.33. The maximum absolute atomic E-state index is 14.2. The normalized spacial score (nSPS) is 12.6. The van der Waals surface area contributed by atoms with E-state index in [0.29, 0.717) is 17.9 Å². The molecule has 0 radical (unpaired) electrons. The summed E-state index contributed by atoms with van der Waals surface area (Å²) in [5.74, 6) is -0.163. The Hall–Kier alpha value is -4.05. The molecule has 0 aliphatic heterocycles. The molecule has 0 unspecified atom stereocenters. The summed E-state index contributed by atoms with van der Waals surface area (Å²) in [4.78, 5) is 28.9. The van der Waals surface area contributed by atoms with Crippen molar-refractivity contribution in [2.24, 2.45) is 0 Å². The summed E-state index contributed by atoms with van der Waals surface area (Å²) in [6, 6.07) is 19.5. The number of carbonyl (C=O) groups is 2. The quantitative estimate of drug-likeness (QED) is 0.283. The molecule has 42 heavy (non-hydrogen) atoms. The number of amides is 2. The third-order valence-corrected chi connectivity index (χ3v) is 8.90. The summed E-state index contributed by atoms with van der Waals surface area (Å²) in [5, 5.41) is 2.98. The van der Waals surface area contributed by atoms with E-state index in [0.717, 1.165) is 21.9 Å². The molecule has 0 saturated heterocycles. The van der Waals surface area contributed by atoms with Crippen LogP contribution in [0.15, 0.2) is 77.7 Å². The average Bonchev–Trinajstić information content (AvgIpc) is 3.00. The van der Waals surface area contributed by atoms with Crippen molar-refractivity contribution in [3.8, 4) is 11.5 Å². The number of carbonyl (C=O) groups excluding carboxylic acids is 2. The van der Waals surface area contributed by atoms with E-state index in [1.165, 1.54) is 37.3 Å². The van der Waals surface area contributed by atoms with Crippen LogP contribution >= 0.6 is 0 Å². The summed E-state index contributed by atoms with van der Waals surface area (Å²) in [7, 11) is -1.36. The van der Waals surface area contributed by atoms with Crippen LogP contribution in [0.4, 0.5) is 5.69 Å². The summed E-state index contributed by atoms with van der Waals surface area (Å²) >= 11 is 0. The molecule has 226 valence electrons. The van der Waals surface area contributed by atoms with Crippen molar-refractivity contribution < 1.29 is 27.5 Å². The molecule has 9 nitrogen and oxygen atoms in total. The first-order valence-electron chi connectivity index (χ1n) is 14.0. The van der Waals surface area contributed by atoms with Gasteiger partial charge >= 0.3 is 0 Å². The van der Waals surface area contributed by atoms with Crippen molar-refractivity contribution >= 4 is 27.5 Å². The average molecular weight is 596 g/mol. The second-order valence-corrected chi connectivity index (χ2v) is 12.0. The molecule has 0 saturated carbocycles. The molecule has 0 heterocycles. The zero-order valence-corrected chi connectivity index (χ0v) is 26.0. The summed E-state index contributed by atoms with van der Waals surface area (Å²) in [6.07, 6.45) is 1.09. The van der Waals surface area contributed by atoms with Gasteiger partial charge in [0.2, 0.25) is 11.8 Å². The van der Waals surface area contributed by atoms with Crippen LogP contribution in [0.1, 0.15) is 44.7 Å². The second-order valence-electron chi connectivity index (χ2n) is 10.1. The predicted octanol–water partition coefficient (Wildman–Crippen LogP) is 4.93. The van der Waals surface area contributed by atoms with Crippen LogP contribution < -0.4 is 19.1 Å². The van der Waals surface area contributed by atoms with Crippen LogP contribution in [0, 0.1) is 6.92 Å². The fourth-order valence-electron chi connectivity index (χ4n) is 4.48. The molecule has 2 atom stereocenters. The van der Waals surface area contributed by atoms with Crippen molar-refractivity contribution in [3.05, 3.63) is 83.9 Å². The van der Waals surface area contributed by atoms with Crippen LogP contribution in [-0.2, 0) is 26.2 Å². The third-order valence-electron chi connectivity index (χ3n) is 7.13. The van der Waals surface area contributed by atoms with Gasteiger partial charge < -0.3 is 19.7 Å². The highest BCUT2D eigenvalue weighted by Gasteiger charge is 2.34. The number of nitrogens with one attached hydrogen (secondary N) is 1. The molecule has 0 aliphatic rings. The number of sulfonamides is 1. The van der Waals surface area contributed by atoms with E-state index in [-0.39, 0.29) is 29.1 Å². The number of ether oxygens (including phenoxy) is 2. The molecule has 0 fully saturated rings. The van der Waals surface area contributed by atoms with Gasteiger partial charge in [-0.2, -0.15) is 0 Å². The number of hydrogen-bond donors (Lipinski definition) is 1. The molecule has 0 spiro atoms. The molecule has 0 bridgehead atoms. The Morgan fingerprint density at radius 3 is 2.10 bits per heavy atom. The SMILES string of the molecule is CC[C@@H](C)NC(=O)[C@H](CC)N(Cc1ccc(C)cc1)C(=O)CN(c1ccccc1)S(=O)(=O)c1ccc(OC)c(OC)c1. The van der Waals surface area contributed by atoms with Gasteiger partial charge in [-0.05, 0) is 56.5 Å². The van der Waals surface area contributed by atoms with Gasteiger partial charge in [0.1, 0.15) is 12.6 Å². The highest BCUT2D eigenvalue weighted by molar-refractivity contribution is 7.92. The first-order chi connectivity index (χ1) is 20.0. The lowest BCUT2D eigenvalue weighted by molar-refractivity contribution is -0.140. The standard InChI is InChI=1S/C32H41N3O6S/c1-7-24(4)33-32(37)28(8-2)34(21-25-16-14-23(3)15-17-25)31(36)22-35(26-12-10-9-11-13-26)42(38,39)27-18-19-29(40-5)30(20-27)41-6/h9-20,24,28H,7-8,21-22H2,1-6H3,(H,33,37)/t24-,28+/m1/s1. The van der Waals surface area contributed by atoms with Gasteiger partial charge in [0.05, 0.1) is 24.8 Å². The molecule has 1 N–H and O–H groups in total. The van der Waals surface area contributed by atoms with Gasteiger partial charge in [-0.25, -0.2) is 8.42 Å². The predicted molar refractivity (Wildman–Crippen MR) is 164 cm³/mol. The number of benzene rings is 3. The van der Waals surface area contributed by atoms with Gasteiger partial charge in [0.15, 0.2) is 11.5 Å². The Morgan fingerprint density at radius 1 is 0.881 bits per heavy atom. The van der Waals surface area contributed by atoms with Crippen molar-refractivity contribution in [2.45, 2.75) is 64.1 Å². The van der Waals surface area contributed by atoms with Crippen LogP contribution in [0.3, 0.4) is 0 Å². The first-order valence-corrected chi connectivity index (χ1v) is 15.4. The number of rotatable bonds is 14. The van der Waals surface area contributed by atoms with E-state index in [1.54, 1.807) is 30.3 Å². The molecule has 3 aromatic rings. The van der Waals surface area contributed by atoms with E-state index < -0.39 is 28.5 Å². The minimum absolute atomic E-state index is 0.0663. The van der Waals surface area contributed by atoms with Crippen molar-refractivity contribution in [1.29, 1.82) is 0 Å². The van der Waals surface area contributed by atoms with Crippen molar-refractivity contribution in [3.63, 3.8) is 0 Å². The minimum Gasteiger partial charge on any atom is -0.493 e. The smallest absolute Gasteiger partial charge is 0.264 e. The summed E-state index contributed by atoms with van der Waals surface area (Å²) in [5.41, 5.74) is 2.21. The molecular weight excluding hydrogens is 554 g/mol. The monoisotopic (exact) mass is 595 g/mol. The van der Waals surface area contributed by atoms with Crippen LogP contribution in [0.5, 0.6) is 11.5 Å². The van der Waals surface area contributed by atoms with Crippen molar-refractivity contribution in [2.75, 3.05) is 25.1 Å². The van der Waals surface area contributed by atoms with E-state index in [1.807, 2.05) is 52.0 Å². The van der Waals surface area contributed by atoms with Crippen LogP contribution in [0.25, 0.3) is 0 Å². The van der Waals surface area contributed by atoms with Gasteiger partial charge in [-0.1, -0.05) is 61.9 Å². The van der Waals surface area contributed by atoms with E-state index in [4.69, 9.17) is 9.47 Å². The van der Waals surface area contributed by atoms with E-state index in [9.17, 15) is 18.0 Å². The van der Waals surface area contributed by atoms with Gasteiger partial charge in [-0.3, -0.25) is 13.9 Å². The maximum Gasteiger partial charge on any atom is 0.264 e. The summed E-state index contributed by atoms with van der Waals surface area (Å²) in [6.45, 7) is 7.31. The van der Waals surface area contributed by atoms with Crippen molar-refractivity contribution in [1.82, 2.24) is 10.2 Å². The molecule has 2 amide bonds. The molecule has 0 aromatic heterocycles. The van der Waals surface area contributed by atoms with Crippen LogP contribution in [0.2, 0.25) is 0 Å². The fourth-order valence-corrected chi connectivity index (χ4v) is 5.91. The Kier molecular flexibility index (Phi) is 11.4. The minimum atomic E-state index is -4.24. The topological polar surface area (TPSA) is 105 Å². The number of para-hydroxylation sites is 1. The maximum atomic E-state index is 14.2. The lowest BCUT2D eigenvalue weighted by atomic mass is 10.1. The van der Waals surface area contributed by atoms with Gasteiger partial charge in [-0.15, -0.1) is 0 Å². The van der Waals surface area contributed by atoms with Crippen LogP contribution in [-0.4, -0.2) is 58.0 Å². The summed E-state index contributed by atoms with van der Waals surface area (Å²) < 4.78 is 39.9. The zero-order chi connectivity index (χ0) is 30.9. The van der Waals surface area contributed by atoms with Gasteiger partial charge in [0, 0.05) is 18.7 Å². The molecule has 3 aromatic carbocycles. The Bertz CT molecular complexity index is 1440. The highest BCUT2D eigenvalue weighted by Crippen LogP contribution is 2.32. The van der Waals surface area contributed by atoms with E-state index in [2.05, 4.69) is 5.32 Å². The molecule has 10 heteroatoms. The largest absolute Gasteiger partial charge is 0.493 e. The molecular formula is C32H41N3O6S. The fraction of sp³-hybridized carbons (Fsp3) is 0.375. The number of anilines is 1. The zero-order valence-electron chi connectivity index (χ0n) is 25.2. The Balaban J connectivity index is 2.06. The number of hydrogen-bond acceptors (Lipinski definition) is 6. The van der Waals surface area contributed by atoms with Gasteiger partial charge in [0.25, 0.3) is 10.0 Å². The highest BCUT2D eigenvalue weighted by atomic mass is 32.2. The second kappa shape index (κ2) is 14.7. The Morgan fingerprint density at radius 2 is 1.52 bits per heavy atom.